The van der Waals surface area contributed by atoms with Gasteiger partial charge in [-0.15, -0.1) is 0 Å². The molecule has 0 aliphatic heterocycles. The van der Waals surface area contributed by atoms with Gasteiger partial charge in [-0.2, -0.15) is 0 Å². The summed E-state index contributed by atoms with van der Waals surface area (Å²) in [6.07, 6.45) is 0. The van der Waals surface area contributed by atoms with E-state index in [9.17, 15) is 9.59 Å². The average molecular weight is 399 g/mol. The van der Waals surface area contributed by atoms with Crippen molar-refractivity contribution >= 4 is 11.9 Å². The third-order valence-electron chi connectivity index (χ3n) is 4.56. The van der Waals surface area contributed by atoms with Gasteiger partial charge in [0.05, 0.1) is 19.3 Å². The highest BCUT2D eigenvalue weighted by molar-refractivity contribution is 5.92. The van der Waals surface area contributed by atoms with Crippen molar-refractivity contribution in [2.24, 2.45) is 0 Å². The summed E-state index contributed by atoms with van der Waals surface area (Å²) in [7, 11) is 1.58. The summed E-state index contributed by atoms with van der Waals surface area (Å²) in [5.41, 5.74) is 3.28. The third kappa shape index (κ3) is 5.98. The van der Waals surface area contributed by atoms with Crippen LogP contribution < -0.4 is 9.47 Å². The molecule has 0 aliphatic rings. The fraction of sp³-hybridized carbons (Fsp3) is 0.391. The van der Waals surface area contributed by atoms with Crippen LogP contribution in [0.15, 0.2) is 36.4 Å². The van der Waals surface area contributed by atoms with Gasteiger partial charge < -0.3 is 19.1 Å². The summed E-state index contributed by atoms with van der Waals surface area (Å²) in [4.78, 5) is 26.5. The number of ether oxygens (including phenoxy) is 3. The van der Waals surface area contributed by atoms with Crippen LogP contribution in [0, 0.1) is 13.8 Å². The van der Waals surface area contributed by atoms with Crippen LogP contribution >= 0.6 is 0 Å². The van der Waals surface area contributed by atoms with Gasteiger partial charge in [-0.05, 0) is 57.0 Å². The van der Waals surface area contributed by atoms with Gasteiger partial charge in [-0.25, -0.2) is 4.79 Å². The number of likely N-dealkylation sites (N-methyl/N-ethyl adjacent to an activating group) is 1. The lowest BCUT2D eigenvalue weighted by molar-refractivity contribution is -0.134. The summed E-state index contributed by atoms with van der Waals surface area (Å²) >= 11 is 0. The zero-order valence-corrected chi connectivity index (χ0v) is 17.8. The maximum absolute atomic E-state index is 12.6. The van der Waals surface area contributed by atoms with E-state index >= 15 is 0 Å². The smallest absolute Gasteiger partial charge is 0.338 e. The first-order valence-corrected chi connectivity index (χ1v) is 9.71. The van der Waals surface area contributed by atoms with E-state index in [2.05, 4.69) is 0 Å². The molecule has 0 fully saturated rings. The standard InChI is InChI=1S/C23H29NO5/c1-6-24(14-18-9-11-20(28-7-2)21(13-18)27-5)22(25)15-29-23(26)19-10-8-16(3)12-17(19)4/h8-13H,6-7,14-15H2,1-5H3. The first-order valence-electron chi connectivity index (χ1n) is 9.71. The minimum atomic E-state index is -0.491. The van der Waals surface area contributed by atoms with Crippen molar-refractivity contribution in [2.75, 3.05) is 26.9 Å². The maximum atomic E-state index is 12.6. The SMILES string of the molecule is CCOc1ccc(CN(CC)C(=O)COC(=O)c2ccc(C)cc2C)cc1OC. The van der Waals surface area contributed by atoms with Crippen LogP contribution in [0.4, 0.5) is 0 Å². The van der Waals surface area contributed by atoms with Gasteiger partial charge in [0.25, 0.3) is 5.91 Å². The Labute approximate surface area is 172 Å². The Hall–Kier alpha value is -3.02. The van der Waals surface area contributed by atoms with Crippen LogP contribution in [0.1, 0.15) is 40.9 Å². The average Bonchev–Trinajstić information content (AvgIpc) is 2.71. The Balaban J connectivity index is 2.00. The van der Waals surface area contributed by atoms with Crippen LogP contribution in [0.5, 0.6) is 11.5 Å². The van der Waals surface area contributed by atoms with E-state index in [-0.39, 0.29) is 12.5 Å². The molecule has 0 spiro atoms. The molecule has 0 heterocycles. The highest BCUT2D eigenvalue weighted by Crippen LogP contribution is 2.28. The van der Waals surface area contributed by atoms with Crippen LogP contribution in [0.25, 0.3) is 0 Å². The van der Waals surface area contributed by atoms with Gasteiger partial charge in [0.15, 0.2) is 18.1 Å². The molecule has 2 aromatic rings. The normalized spacial score (nSPS) is 10.4. The number of hydrogen-bond acceptors (Lipinski definition) is 5. The zero-order valence-electron chi connectivity index (χ0n) is 17.8. The number of hydrogen-bond donors (Lipinski definition) is 0. The van der Waals surface area contributed by atoms with E-state index in [1.165, 1.54) is 0 Å². The van der Waals surface area contributed by atoms with Crippen LogP contribution in [0.2, 0.25) is 0 Å². The van der Waals surface area contributed by atoms with E-state index in [4.69, 9.17) is 14.2 Å². The Morgan fingerprint density at radius 3 is 2.38 bits per heavy atom. The molecule has 0 saturated heterocycles. The van der Waals surface area contributed by atoms with Crippen molar-refractivity contribution in [3.8, 4) is 11.5 Å². The number of rotatable bonds is 9. The van der Waals surface area contributed by atoms with Crippen LogP contribution in [-0.4, -0.2) is 43.6 Å². The second kappa shape index (κ2) is 10.5. The lowest BCUT2D eigenvalue weighted by Crippen LogP contribution is -2.34. The van der Waals surface area contributed by atoms with Crippen LogP contribution in [-0.2, 0) is 16.1 Å². The molecule has 0 N–H and O–H groups in total. The number of benzene rings is 2. The maximum Gasteiger partial charge on any atom is 0.338 e. The highest BCUT2D eigenvalue weighted by Gasteiger charge is 2.17. The molecule has 2 aromatic carbocycles. The number of carbonyl (C=O) groups is 2. The molecule has 0 aliphatic carbocycles. The van der Waals surface area contributed by atoms with E-state index in [0.717, 1.165) is 16.7 Å². The number of carbonyl (C=O) groups excluding carboxylic acids is 2. The van der Waals surface area contributed by atoms with Crippen molar-refractivity contribution in [3.63, 3.8) is 0 Å². The summed E-state index contributed by atoms with van der Waals surface area (Å²) in [6, 6.07) is 11.1. The second-order valence-electron chi connectivity index (χ2n) is 6.72. The van der Waals surface area contributed by atoms with Gasteiger partial charge >= 0.3 is 5.97 Å². The van der Waals surface area contributed by atoms with Crippen molar-refractivity contribution in [3.05, 3.63) is 58.7 Å². The number of methoxy groups -OCH3 is 1. The molecule has 0 radical (unpaired) electrons. The van der Waals surface area contributed by atoms with E-state index in [1.54, 1.807) is 18.1 Å². The van der Waals surface area contributed by atoms with Gasteiger partial charge in [0.2, 0.25) is 0 Å². The Bertz CT molecular complexity index is 862. The molecule has 6 nitrogen and oxygen atoms in total. The summed E-state index contributed by atoms with van der Waals surface area (Å²) < 4.78 is 16.1. The predicted octanol–water partition coefficient (Wildman–Crippen LogP) is 3.92. The number of aryl methyl sites for hydroxylation is 2. The Morgan fingerprint density at radius 2 is 1.76 bits per heavy atom. The molecule has 29 heavy (non-hydrogen) atoms. The molecule has 0 unspecified atom stereocenters. The largest absolute Gasteiger partial charge is 0.493 e. The molecule has 6 heteroatoms. The quantitative estimate of drug-likeness (QED) is 0.598. The molecule has 0 atom stereocenters. The number of amides is 1. The molecule has 156 valence electrons. The molecule has 2 rings (SSSR count). The molecular weight excluding hydrogens is 370 g/mol. The first-order chi connectivity index (χ1) is 13.9. The van der Waals surface area contributed by atoms with E-state index in [0.29, 0.717) is 36.8 Å². The second-order valence-corrected chi connectivity index (χ2v) is 6.72. The van der Waals surface area contributed by atoms with E-state index in [1.807, 2.05) is 58.0 Å². The van der Waals surface area contributed by atoms with Crippen molar-refractivity contribution in [2.45, 2.75) is 34.2 Å². The van der Waals surface area contributed by atoms with Crippen molar-refractivity contribution in [1.82, 2.24) is 4.90 Å². The fourth-order valence-corrected chi connectivity index (χ4v) is 3.02. The topological polar surface area (TPSA) is 65.1 Å². The molecule has 1 amide bonds. The molecular formula is C23H29NO5. The fourth-order valence-electron chi connectivity index (χ4n) is 3.02. The summed E-state index contributed by atoms with van der Waals surface area (Å²) in [6.45, 7) is 8.73. The van der Waals surface area contributed by atoms with Crippen molar-refractivity contribution < 1.29 is 23.8 Å². The zero-order chi connectivity index (χ0) is 21.4. The van der Waals surface area contributed by atoms with E-state index < -0.39 is 5.97 Å². The third-order valence-corrected chi connectivity index (χ3v) is 4.56. The van der Waals surface area contributed by atoms with Gasteiger partial charge in [0, 0.05) is 13.1 Å². The minimum absolute atomic E-state index is 0.251. The Morgan fingerprint density at radius 1 is 1.00 bits per heavy atom. The predicted molar refractivity (Wildman–Crippen MR) is 111 cm³/mol. The Kier molecular flexibility index (Phi) is 8.07. The van der Waals surface area contributed by atoms with Crippen LogP contribution in [0.3, 0.4) is 0 Å². The number of nitrogens with zero attached hydrogens (tertiary/aromatic N) is 1. The highest BCUT2D eigenvalue weighted by atomic mass is 16.5. The summed E-state index contributed by atoms with van der Waals surface area (Å²) in [5.74, 6) is 0.540. The van der Waals surface area contributed by atoms with Gasteiger partial charge in [0.1, 0.15) is 0 Å². The first kappa shape index (κ1) is 22.3. The monoisotopic (exact) mass is 399 g/mol. The minimum Gasteiger partial charge on any atom is -0.493 e. The lowest BCUT2D eigenvalue weighted by atomic mass is 10.1. The van der Waals surface area contributed by atoms with Gasteiger partial charge in [-0.3, -0.25) is 4.79 Å². The summed E-state index contributed by atoms with van der Waals surface area (Å²) in [5, 5.41) is 0. The van der Waals surface area contributed by atoms with Gasteiger partial charge in [-0.1, -0.05) is 23.8 Å². The number of esters is 1. The lowest BCUT2D eigenvalue weighted by Gasteiger charge is -2.21. The molecule has 0 aromatic heterocycles. The molecule has 0 saturated carbocycles. The molecule has 0 bridgehead atoms. The van der Waals surface area contributed by atoms with Crippen molar-refractivity contribution in [1.29, 1.82) is 0 Å².